The van der Waals surface area contributed by atoms with Crippen molar-refractivity contribution in [3.8, 4) is 0 Å². The first-order chi connectivity index (χ1) is 15.1. The lowest BCUT2D eigenvalue weighted by Gasteiger charge is -2.57. The molecule has 31 heavy (non-hydrogen) atoms. The summed E-state index contributed by atoms with van der Waals surface area (Å²) in [5.74, 6) is 1.98. The van der Waals surface area contributed by atoms with Gasteiger partial charge >= 0.3 is 11.8 Å². The van der Waals surface area contributed by atoms with E-state index in [-0.39, 0.29) is 11.9 Å². The molecule has 0 unspecified atom stereocenters. The highest BCUT2D eigenvalue weighted by Crippen LogP contribution is 2.61. The Kier molecular flexibility index (Phi) is 4.59. The van der Waals surface area contributed by atoms with Gasteiger partial charge in [-0.05, 0) is 90.9 Å². The largest absolute Gasteiger partial charge is 0.346 e. The van der Waals surface area contributed by atoms with Gasteiger partial charge in [0.2, 0.25) is 0 Å². The Bertz CT molecular complexity index is 988. The zero-order chi connectivity index (χ0) is 21.0. The van der Waals surface area contributed by atoms with E-state index in [1.807, 2.05) is 4.90 Å². The number of carbonyl (C=O) groups is 2. The van der Waals surface area contributed by atoms with Gasteiger partial charge in [0, 0.05) is 13.1 Å². The molecule has 2 aromatic carbocycles. The summed E-state index contributed by atoms with van der Waals surface area (Å²) >= 11 is 0. The molecule has 4 bridgehead atoms. The van der Waals surface area contributed by atoms with Gasteiger partial charge in [-0.1, -0.05) is 42.5 Å². The molecule has 4 aliphatic carbocycles. The van der Waals surface area contributed by atoms with Crippen LogP contribution in [-0.2, 0) is 16.0 Å². The molecule has 5 fully saturated rings. The molecule has 5 aliphatic rings. The zero-order valence-corrected chi connectivity index (χ0v) is 18.2. The minimum absolute atomic E-state index is 0.0323. The van der Waals surface area contributed by atoms with E-state index in [1.165, 1.54) is 54.9 Å². The van der Waals surface area contributed by atoms with Crippen LogP contribution in [0.5, 0.6) is 0 Å². The van der Waals surface area contributed by atoms with Gasteiger partial charge in [-0.15, -0.1) is 0 Å². The van der Waals surface area contributed by atoms with Gasteiger partial charge in [0.1, 0.15) is 0 Å². The number of amides is 2. The average molecular weight is 417 g/mol. The molecule has 4 saturated carbocycles. The number of rotatable bonds is 5. The van der Waals surface area contributed by atoms with Crippen molar-refractivity contribution in [3.63, 3.8) is 0 Å². The fourth-order valence-electron chi connectivity index (χ4n) is 7.84. The van der Waals surface area contributed by atoms with E-state index in [4.69, 9.17) is 0 Å². The zero-order valence-electron chi connectivity index (χ0n) is 18.2. The molecule has 7 rings (SSSR count). The normalized spacial score (nSPS) is 34.4. The van der Waals surface area contributed by atoms with E-state index < -0.39 is 5.91 Å². The number of benzene rings is 2. The molecular weight excluding hydrogens is 384 g/mol. The number of hydrogen-bond acceptors (Lipinski definition) is 2. The average Bonchev–Trinajstić information content (AvgIpc) is 2.75. The monoisotopic (exact) mass is 416 g/mol. The third kappa shape index (κ3) is 3.44. The van der Waals surface area contributed by atoms with E-state index >= 15 is 0 Å². The van der Waals surface area contributed by atoms with Crippen molar-refractivity contribution in [2.45, 2.75) is 57.4 Å². The highest BCUT2D eigenvalue weighted by atomic mass is 16.2. The van der Waals surface area contributed by atoms with Crippen LogP contribution in [0.4, 0.5) is 0 Å². The second-order valence-electron chi connectivity index (χ2n) is 10.9. The van der Waals surface area contributed by atoms with Crippen LogP contribution in [0.2, 0.25) is 0 Å². The fraction of sp³-hybridized carbons (Fsp3) is 0.556. The van der Waals surface area contributed by atoms with Gasteiger partial charge in [-0.2, -0.15) is 0 Å². The maximum atomic E-state index is 12.9. The van der Waals surface area contributed by atoms with Crippen molar-refractivity contribution in [1.29, 1.82) is 0 Å². The highest BCUT2D eigenvalue weighted by molar-refractivity contribution is 6.35. The Labute approximate surface area is 184 Å². The molecule has 2 amide bonds. The van der Waals surface area contributed by atoms with Crippen molar-refractivity contribution < 1.29 is 9.59 Å². The predicted molar refractivity (Wildman–Crippen MR) is 121 cm³/mol. The molecule has 1 aliphatic heterocycles. The summed E-state index contributed by atoms with van der Waals surface area (Å²) in [6.07, 6.45) is 10.2. The van der Waals surface area contributed by atoms with Gasteiger partial charge in [-0.25, -0.2) is 0 Å². The Morgan fingerprint density at radius 3 is 2.32 bits per heavy atom. The molecule has 4 heteroatoms. The molecule has 1 N–H and O–H groups in total. The summed E-state index contributed by atoms with van der Waals surface area (Å²) in [5.41, 5.74) is 1.68. The predicted octanol–water partition coefficient (Wildman–Crippen LogP) is 4.32. The van der Waals surface area contributed by atoms with Crippen LogP contribution < -0.4 is 5.32 Å². The molecular formula is C27H32N2O2. The first-order valence-corrected chi connectivity index (χ1v) is 12.1. The van der Waals surface area contributed by atoms with Gasteiger partial charge in [0.15, 0.2) is 0 Å². The maximum absolute atomic E-state index is 12.9. The van der Waals surface area contributed by atoms with E-state index in [1.54, 1.807) is 0 Å². The standard InChI is InChI=1S/C27H32N2O2/c30-25-26(31)29(9-8-27-14-18-10-19(15-27)12-20(11-18)16-27)23(17-28-25)13-22-6-3-5-21-4-1-2-7-24(21)22/h1-7,18-20,23H,8-17H2,(H,28,30)/t18?,19?,20?,23-,27?/m1/s1. The number of nitrogens with one attached hydrogen (secondary N) is 1. The van der Waals surface area contributed by atoms with Crippen LogP contribution in [-0.4, -0.2) is 35.8 Å². The maximum Gasteiger partial charge on any atom is 0.312 e. The van der Waals surface area contributed by atoms with E-state index in [9.17, 15) is 9.59 Å². The molecule has 0 spiro atoms. The minimum Gasteiger partial charge on any atom is -0.346 e. The number of nitrogens with zero attached hydrogens (tertiary/aromatic N) is 1. The Morgan fingerprint density at radius 2 is 1.58 bits per heavy atom. The number of piperazine rings is 1. The topological polar surface area (TPSA) is 49.4 Å². The fourth-order valence-corrected chi connectivity index (χ4v) is 7.84. The lowest BCUT2D eigenvalue weighted by atomic mass is 9.49. The molecule has 0 aromatic heterocycles. The van der Waals surface area contributed by atoms with Crippen molar-refractivity contribution in [3.05, 3.63) is 48.0 Å². The number of fused-ring (bicyclic) bond motifs is 1. The Hall–Kier alpha value is -2.36. The van der Waals surface area contributed by atoms with E-state index in [2.05, 4.69) is 47.8 Å². The lowest BCUT2D eigenvalue weighted by Crippen LogP contribution is -2.59. The summed E-state index contributed by atoms with van der Waals surface area (Å²) in [6, 6.07) is 14.9. The summed E-state index contributed by atoms with van der Waals surface area (Å²) in [4.78, 5) is 27.1. The van der Waals surface area contributed by atoms with E-state index in [0.29, 0.717) is 12.0 Å². The van der Waals surface area contributed by atoms with Crippen LogP contribution in [0.3, 0.4) is 0 Å². The summed E-state index contributed by atoms with van der Waals surface area (Å²) < 4.78 is 0. The molecule has 0 radical (unpaired) electrons. The Morgan fingerprint density at radius 1 is 0.903 bits per heavy atom. The van der Waals surface area contributed by atoms with Gasteiger partial charge in [0.05, 0.1) is 6.04 Å². The first kappa shape index (κ1) is 19.3. The van der Waals surface area contributed by atoms with Gasteiger partial charge in [0.25, 0.3) is 0 Å². The van der Waals surface area contributed by atoms with Crippen LogP contribution >= 0.6 is 0 Å². The number of carbonyl (C=O) groups excluding carboxylic acids is 2. The second kappa shape index (κ2) is 7.36. The van der Waals surface area contributed by atoms with Gasteiger partial charge in [-0.3, -0.25) is 9.59 Å². The van der Waals surface area contributed by atoms with Crippen molar-refractivity contribution >= 4 is 22.6 Å². The van der Waals surface area contributed by atoms with Crippen molar-refractivity contribution in [2.75, 3.05) is 13.1 Å². The SMILES string of the molecule is O=C1NC[C@@H](Cc2cccc3ccccc23)N(CCC23CC4CC(CC(C4)C2)C3)C1=O. The molecule has 1 saturated heterocycles. The summed E-state index contributed by atoms with van der Waals surface area (Å²) in [7, 11) is 0. The summed E-state index contributed by atoms with van der Waals surface area (Å²) in [6.45, 7) is 1.28. The van der Waals surface area contributed by atoms with Crippen LogP contribution in [0.25, 0.3) is 10.8 Å². The molecule has 1 heterocycles. The Balaban J connectivity index is 1.23. The second-order valence-corrected chi connectivity index (χ2v) is 10.9. The highest BCUT2D eigenvalue weighted by Gasteiger charge is 2.51. The lowest BCUT2D eigenvalue weighted by molar-refractivity contribution is -0.151. The first-order valence-electron chi connectivity index (χ1n) is 12.1. The molecule has 2 aromatic rings. The summed E-state index contributed by atoms with van der Waals surface area (Å²) in [5, 5.41) is 5.32. The van der Waals surface area contributed by atoms with Crippen LogP contribution in [0.1, 0.15) is 50.5 Å². The van der Waals surface area contributed by atoms with Crippen molar-refractivity contribution in [1.82, 2.24) is 10.2 Å². The van der Waals surface area contributed by atoms with Gasteiger partial charge < -0.3 is 10.2 Å². The quantitative estimate of drug-likeness (QED) is 0.738. The van der Waals surface area contributed by atoms with Crippen molar-refractivity contribution in [2.24, 2.45) is 23.2 Å². The smallest absolute Gasteiger partial charge is 0.312 e. The molecule has 1 atom stereocenters. The minimum atomic E-state index is -0.431. The third-order valence-electron chi connectivity index (χ3n) is 8.78. The third-order valence-corrected chi connectivity index (χ3v) is 8.78. The molecule has 4 nitrogen and oxygen atoms in total. The van der Waals surface area contributed by atoms with E-state index in [0.717, 1.165) is 37.1 Å². The van der Waals surface area contributed by atoms with Crippen LogP contribution in [0, 0.1) is 23.2 Å². The van der Waals surface area contributed by atoms with Crippen LogP contribution in [0.15, 0.2) is 42.5 Å². The number of hydrogen-bond donors (Lipinski definition) is 1. The molecule has 162 valence electrons.